The molecule has 2 aromatic rings. The molecule has 0 spiro atoms. The Morgan fingerprint density at radius 2 is 1.69 bits per heavy atom. The molecule has 0 unspecified atom stereocenters. The van der Waals surface area contributed by atoms with Crippen molar-refractivity contribution in [3.63, 3.8) is 0 Å². The van der Waals surface area contributed by atoms with Gasteiger partial charge in [-0.25, -0.2) is 0 Å². The first kappa shape index (κ1) is 26.8. The number of nitrogens with zero attached hydrogens (tertiary/aromatic N) is 3. The quantitative estimate of drug-likeness (QED) is 0.289. The number of thioether (sulfide) groups is 1. The van der Waals surface area contributed by atoms with Gasteiger partial charge in [0.15, 0.2) is 0 Å². The third kappa shape index (κ3) is 8.35. The first-order valence-electron chi connectivity index (χ1n) is 9.24. The predicted octanol–water partition coefficient (Wildman–Crippen LogP) is 4.27. The first-order chi connectivity index (χ1) is 13.8. The van der Waals surface area contributed by atoms with Crippen molar-refractivity contribution in [2.45, 2.75) is 38.4 Å². The second-order valence-electron chi connectivity index (χ2n) is 6.87. The van der Waals surface area contributed by atoms with E-state index in [1.807, 2.05) is 13.8 Å². The summed E-state index contributed by atoms with van der Waals surface area (Å²) >= 11 is 1.60. The molecule has 0 saturated heterocycles. The molecule has 0 aliphatic heterocycles. The van der Waals surface area contributed by atoms with E-state index in [-0.39, 0.29) is 0 Å². The fourth-order valence-corrected chi connectivity index (χ4v) is 3.39. The van der Waals surface area contributed by atoms with Crippen molar-refractivity contribution in [3.05, 3.63) is 42.0 Å². The number of hydrogen-bond acceptors (Lipinski definition) is 7. The normalized spacial score (nSPS) is 10.3. The van der Waals surface area contributed by atoms with Crippen LogP contribution in [0.5, 0.6) is 0 Å². The Hall–Kier alpha value is -2.22. The van der Waals surface area contributed by atoms with Crippen LogP contribution in [-0.4, -0.2) is 49.2 Å². The number of carbonyl (C=O) groups excluding carboxylic acids is 1. The van der Waals surface area contributed by atoms with E-state index < -0.39 is 4.75 Å². The molecule has 2 aromatic carbocycles. The lowest BCUT2D eigenvalue weighted by Gasteiger charge is -2.28. The summed E-state index contributed by atoms with van der Waals surface area (Å²) in [5.41, 5.74) is 8.46. The van der Waals surface area contributed by atoms with Gasteiger partial charge in [-0.15, -0.1) is 11.8 Å². The van der Waals surface area contributed by atoms with Crippen LogP contribution in [0.4, 0.5) is 5.69 Å². The summed E-state index contributed by atoms with van der Waals surface area (Å²) < 4.78 is -0.402. The zero-order chi connectivity index (χ0) is 22.4. The van der Waals surface area contributed by atoms with Gasteiger partial charge < -0.3 is 20.5 Å². The maximum absolute atomic E-state index is 11.1. The molecule has 0 aliphatic rings. The van der Waals surface area contributed by atoms with Gasteiger partial charge in [-0.2, -0.15) is 10.2 Å². The Morgan fingerprint density at radius 1 is 1.14 bits per heavy atom. The highest BCUT2D eigenvalue weighted by atomic mass is 32.2. The summed E-state index contributed by atoms with van der Waals surface area (Å²) in [4.78, 5) is 13.3. The molecule has 29 heavy (non-hydrogen) atoms. The maximum Gasteiger partial charge on any atom is 0.135 e. The number of hydrogen-bond donors (Lipinski definition) is 2. The molecule has 0 atom stereocenters. The molecule has 6 nitrogen and oxygen atoms in total. The van der Waals surface area contributed by atoms with Crippen molar-refractivity contribution in [2.75, 3.05) is 24.6 Å². The van der Waals surface area contributed by atoms with Crippen molar-refractivity contribution in [1.29, 1.82) is 0 Å². The number of nitrogens with two attached hydrogens (primary N) is 1. The summed E-state index contributed by atoms with van der Waals surface area (Å²) in [6.07, 6.45) is 0.992. The van der Waals surface area contributed by atoms with E-state index in [2.05, 4.69) is 78.8 Å². The van der Waals surface area contributed by atoms with Crippen molar-refractivity contribution in [2.24, 2.45) is 15.9 Å². The van der Waals surface area contributed by atoms with Crippen molar-refractivity contribution >= 4 is 47.9 Å². The number of aliphatic hydroxyl groups excluding tert-OH is 1. The summed E-state index contributed by atoms with van der Waals surface area (Å²) in [6.45, 7) is 14.7. The third-order valence-corrected chi connectivity index (χ3v) is 5.38. The van der Waals surface area contributed by atoms with Crippen LogP contribution in [0.3, 0.4) is 0 Å². The lowest BCUT2D eigenvalue weighted by molar-refractivity contribution is -0.109. The Kier molecular flexibility index (Phi) is 12.8. The van der Waals surface area contributed by atoms with Gasteiger partial charge in [0.2, 0.25) is 0 Å². The molecule has 0 bridgehead atoms. The van der Waals surface area contributed by atoms with Gasteiger partial charge >= 0.3 is 0 Å². The molecule has 0 heterocycles. The van der Waals surface area contributed by atoms with E-state index in [1.54, 1.807) is 11.8 Å². The van der Waals surface area contributed by atoms with E-state index in [0.29, 0.717) is 18.5 Å². The van der Waals surface area contributed by atoms with Gasteiger partial charge in [-0.3, -0.25) is 0 Å². The maximum atomic E-state index is 11.1. The van der Waals surface area contributed by atoms with Gasteiger partial charge in [0.25, 0.3) is 0 Å². The molecule has 0 radical (unpaired) electrons. The number of anilines is 1. The topological polar surface area (TPSA) is 91.3 Å². The van der Waals surface area contributed by atoms with Gasteiger partial charge in [0.05, 0.1) is 17.3 Å². The summed E-state index contributed by atoms with van der Waals surface area (Å²) in [5, 5.41) is 15.5. The lowest BCUT2D eigenvalue weighted by atomic mass is 9.95. The van der Waals surface area contributed by atoms with Crippen LogP contribution < -0.4 is 10.6 Å². The van der Waals surface area contributed by atoms with Crippen LogP contribution >= 0.6 is 11.8 Å². The lowest BCUT2D eigenvalue weighted by Crippen LogP contribution is -2.32. The molecular weight excluding hydrogens is 384 g/mol. The number of benzene rings is 2. The van der Waals surface area contributed by atoms with Crippen LogP contribution in [0, 0.1) is 0 Å². The molecule has 2 rings (SSSR count). The van der Waals surface area contributed by atoms with Crippen molar-refractivity contribution < 1.29 is 9.90 Å². The van der Waals surface area contributed by atoms with E-state index in [9.17, 15) is 4.79 Å². The SMILES string of the molecule is C=NN=C.CC(C)c1ccc(N(CN)CSC(C)(C)C=O)c2ccccc12.CO. The predicted molar refractivity (Wildman–Crippen MR) is 129 cm³/mol. The Bertz CT molecular complexity index is 772. The van der Waals surface area contributed by atoms with Crippen molar-refractivity contribution in [1.82, 2.24) is 0 Å². The zero-order valence-electron chi connectivity index (χ0n) is 18.1. The molecule has 0 fully saturated rings. The highest BCUT2D eigenvalue weighted by Gasteiger charge is 2.20. The minimum atomic E-state index is -0.402. The second-order valence-corrected chi connectivity index (χ2v) is 8.47. The van der Waals surface area contributed by atoms with E-state index >= 15 is 0 Å². The van der Waals surface area contributed by atoms with E-state index in [0.717, 1.165) is 19.1 Å². The molecular formula is C22H34N4O2S. The largest absolute Gasteiger partial charge is 0.400 e. The van der Waals surface area contributed by atoms with E-state index in [1.165, 1.54) is 16.3 Å². The fraction of sp³-hybridized carbons (Fsp3) is 0.409. The Labute approximate surface area is 178 Å². The summed E-state index contributed by atoms with van der Waals surface area (Å²) in [7, 11) is 1.00. The number of fused-ring (bicyclic) bond motifs is 1. The summed E-state index contributed by atoms with van der Waals surface area (Å²) in [6, 6.07) is 12.8. The van der Waals surface area contributed by atoms with Crippen molar-refractivity contribution in [3.8, 4) is 0 Å². The second kappa shape index (κ2) is 13.9. The van der Waals surface area contributed by atoms with Gasteiger partial charge in [0, 0.05) is 31.6 Å². The van der Waals surface area contributed by atoms with Crippen LogP contribution in [0.2, 0.25) is 0 Å². The van der Waals surface area contributed by atoms with Crippen LogP contribution in [0.15, 0.2) is 46.6 Å². The monoisotopic (exact) mass is 418 g/mol. The molecule has 7 heteroatoms. The molecule has 0 saturated carbocycles. The zero-order valence-corrected chi connectivity index (χ0v) is 18.9. The first-order valence-corrected chi connectivity index (χ1v) is 10.2. The van der Waals surface area contributed by atoms with E-state index in [4.69, 9.17) is 10.8 Å². The number of carbonyl (C=O) groups is 1. The standard InChI is InChI=1S/C19H26N2OS.C2H4N2.CH4O/c1-14(2)15-9-10-18(17-8-6-5-7-16(15)17)21(12-20)13-23-19(3,4)11-22;1-3-4-2;1-2/h5-11,14H,12-13,20H2,1-4H3;1-2H2;2H,1H3. The third-order valence-electron chi connectivity index (χ3n) is 4.09. The fourth-order valence-electron chi connectivity index (χ4n) is 2.58. The minimum absolute atomic E-state index is 0.402. The average Bonchev–Trinajstić information content (AvgIpc) is 2.75. The molecule has 160 valence electrons. The molecule has 3 N–H and O–H groups in total. The highest BCUT2D eigenvalue weighted by Crippen LogP contribution is 2.34. The van der Waals surface area contributed by atoms with Crippen LogP contribution in [-0.2, 0) is 4.79 Å². The van der Waals surface area contributed by atoms with Gasteiger partial charge in [0.1, 0.15) is 6.29 Å². The van der Waals surface area contributed by atoms with Gasteiger partial charge in [-0.1, -0.05) is 44.2 Å². The summed E-state index contributed by atoms with van der Waals surface area (Å²) in [5.74, 6) is 1.16. The highest BCUT2D eigenvalue weighted by molar-refractivity contribution is 8.01. The smallest absolute Gasteiger partial charge is 0.135 e. The van der Waals surface area contributed by atoms with Gasteiger partial charge in [-0.05, 0) is 36.8 Å². The number of rotatable bonds is 8. The molecule has 0 amide bonds. The van der Waals surface area contributed by atoms with Crippen LogP contribution in [0.1, 0.15) is 39.2 Å². The molecule has 0 aliphatic carbocycles. The number of aldehydes is 1. The minimum Gasteiger partial charge on any atom is -0.400 e. The molecule has 0 aromatic heterocycles. The number of aliphatic hydroxyl groups is 1. The Balaban J connectivity index is 0.00000116. The van der Waals surface area contributed by atoms with Crippen LogP contribution in [0.25, 0.3) is 10.8 Å². The average molecular weight is 419 g/mol. The Morgan fingerprint density at radius 3 is 2.14 bits per heavy atom.